The zero-order chi connectivity index (χ0) is 15.5. The van der Waals surface area contributed by atoms with Crippen LogP contribution in [0.4, 0.5) is 0 Å². The minimum absolute atomic E-state index is 0.0264. The molecular weight excluding hydrogens is 266 g/mol. The van der Waals surface area contributed by atoms with Crippen LogP contribution in [0.5, 0.6) is 5.75 Å². The number of aryl methyl sites for hydroxylation is 1. The molecule has 1 aromatic carbocycles. The van der Waals surface area contributed by atoms with Crippen molar-refractivity contribution in [3.8, 4) is 5.75 Å². The average molecular weight is 291 g/mol. The summed E-state index contributed by atoms with van der Waals surface area (Å²) >= 11 is 0. The van der Waals surface area contributed by atoms with Crippen LogP contribution < -0.4 is 10.1 Å². The lowest BCUT2D eigenvalue weighted by molar-refractivity contribution is -0.128. The molecule has 2 rings (SSSR count). The van der Waals surface area contributed by atoms with Crippen molar-refractivity contribution < 1.29 is 14.6 Å². The number of hydrogen-bond donors (Lipinski definition) is 2. The molecular formula is C17H25NO3. The van der Waals surface area contributed by atoms with Crippen LogP contribution in [-0.2, 0) is 4.79 Å². The smallest absolute Gasteiger partial charge is 0.261 e. The Kier molecular flexibility index (Phi) is 4.88. The summed E-state index contributed by atoms with van der Waals surface area (Å²) in [4.78, 5) is 12.3. The van der Waals surface area contributed by atoms with Gasteiger partial charge in [-0.3, -0.25) is 4.79 Å². The maximum atomic E-state index is 12.3. The Morgan fingerprint density at radius 2 is 2.33 bits per heavy atom. The standard InChI is InChI=1S/C17H25NO3/c1-12-6-4-7-14(10-12)21-13(2)16(20)18-15-8-5-9-17(15,3)11-19/h4,6-7,10,13,15,19H,5,8-9,11H2,1-3H3,(H,18,20). The van der Waals surface area contributed by atoms with Crippen molar-refractivity contribution in [3.63, 3.8) is 0 Å². The van der Waals surface area contributed by atoms with Gasteiger partial charge in [-0.2, -0.15) is 0 Å². The molecule has 0 heterocycles. The summed E-state index contributed by atoms with van der Waals surface area (Å²) in [5, 5.41) is 12.6. The molecule has 1 saturated carbocycles. The number of amides is 1. The molecule has 2 N–H and O–H groups in total. The van der Waals surface area contributed by atoms with E-state index in [2.05, 4.69) is 5.32 Å². The lowest BCUT2D eigenvalue weighted by Crippen LogP contribution is -2.48. The van der Waals surface area contributed by atoms with Crippen molar-refractivity contribution in [2.45, 2.75) is 52.2 Å². The van der Waals surface area contributed by atoms with Crippen molar-refractivity contribution in [2.24, 2.45) is 5.41 Å². The first-order chi connectivity index (χ1) is 9.94. The molecule has 1 amide bonds. The van der Waals surface area contributed by atoms with Gasteiger partial charge in [0.05, 0.1) is 6.61 Å². The summed E-state index contributed by atoms with van der Waals surface area (Å²) in [7, 11) is 0. The number of rotatable bonds is 5. The van der Waals surface area contributed by atoms with Gasteiger partial charge in [0.15, 0.2) is 6.10 Å². The highest BCUT2D eigenvalue weighted by molar-refractivity contribution is 5.81. The molecule has 21 heavy (non-hydrogen) atoms. The van der Waals surface area contributed by atoms with E-state index in [9.17, 15) is 9.90 Å². The number of aliphatic hydroxyl groups excluding tert-OH is 1. The molecule has 1 aliphatic carbocycles. The van der Waals surface area contributed by atoms with E-state index < -0.39 is 6.10 Å². The Bertz CT molecular complexity index is 503. The fourth-order valence-corrected chi connectivity index (χ4v) is 2.90. The van der Waals surface area contributed by atoms with Crippen LogP contribution in [0.25, 0.3) is 0 Å². The second kappa shape index (κ2) is 6.48. The van der Waals surface area contributed by atoms with E-state index in [-0.39, 0.29) is 24.0 Å². The molecule has 4 nitrogen and oxygen atoms in total. The molecule has 4 heteroatoms. The van der Waals surface area contributed by atoms with E-state index in [0.29, 0.717) is 5.75 Å². The largest absolute Gasteiger partial charge is 0.481 e. The molecule has 116 valence electrons. The van der Waals surface area contributed by atoms with Gasteiger partial charge in [0.25, 0.3) is 5.91 Å². The first kappa shape index (κ1) is 15.8. The second-order valence-electron chi connectivity index (χ2n) is 6.34. The van der Waals surface area contributed by atoms with Crippen LogP contribution in [-0.4, -0.2) is 29.8 Å². The Morgan fingerprint density at radius 1 is 1.57 bits per heavy atom. The molecule has 1 aliphatic rings. The minimum Gasteiger partial charge on any atom is -0.481 e. The monoisotopic (exact) mass is 291 g/mol. The van der Waals surface area contributed by atoms with Crippen molar-refractivity contribution in [2.75, 3.05) is 6.61 Å². The van der Waals surface area contributed by atoms with Gasteiger partial charge >= 0.3 is 0 Å². The Labute approximate surface area is 126 Å². The number of nitrogens with one attached hydrogen (secondary N) is 1. The molecule has 0 bridgehead atoms. The molecule has 3 unspecified atom stereocenters. The van der Waals surface area contributed by atoms with Gasteiger partial charge in [-0.15, -0.1) is 0 Å². The van der Waals surface area contributed by atoms with Gasteiger partial charge in [-0.1, -0.05) is 25.5 Å². The topological polar surface area (TPSA) is 58.6 Å². The van der Waals surface area contributed by atoms with E-state index >= 15 is 0 Å². The van der Waals surface area contributed by atoms with E-state index in [1.165, 1.54) is 0 Å². The van der Waals surface area contributed by atoms with Crippen molar-refractivity contribution in [1.82, 2.24) is 5.32 Å². The predicted octanol–water partition coefficient (Wildman–Crippen LogP) is 2.43. The number of carbonyl (C=O) groups excluding carboxylic acids is 1. The number of aliphatic hydroxyl groups is 1. The third kappa shape index (κ3) is 3.76. The van der Waals surface area contributed by atoms with Gasteiger partial charge in [0, 0.05) is 11.5 Å². The first-order valence-corrected chi connectivity index (χ1v) is 7.59. The zero-order valence-electron chi connectivity index (χ0n) is 13.1. The molecule has 0 aliphatic heterocycles. The summed E-state index contributed by atoms with van der Waals surface area (Å²) < 4.78 is 5.69. The van der Waals surface area contributed by atoms with Crippen molar-refractivity contribution >= 4 is 5.91 Å². The summed E-state index contributed by atoms with van der Waals surface area (Å²) in [5.74, 6) is 0.581. The molecule has 0 saturated heterocycles. The highest BCUT2D eigenvalue weighted by atomic mass is 16.5. The fraction of sp³-hybridized carbons (Fsp3) is 0.588. The van der Waals surface area contributed by atoms with E-state index in [4.69, 9.17) is 4.74 Å². The maximum Gasteiger partial charge on any atom is 0.261 e. The molecule has 3 atom stereocenters. The average Bonchev–Trinajstić information content (AvgIpc) is 2.81. The number of carbonyl (C=O) groups is 1. The highest BCUT2D eigenvalue weighted by Gasteiger charge is 2.39. The summed E-state index contributed by atoms with van der Waals surface area (Å²) in [5.41, 5.74) is 0.891. The normalized spacial score (nSPS) is 26.4. The Morgan fingerprint density at radius 3 is 3.00 bits per heavy atom. The Balaban J connectivity index is 1.94. The number of ether oxygens (including phenoxy) is 1. The van der Waals surface area contributed by atoms with Crippen LogP contribution in [0.15, 0.2) is 24.3 Å². The lowest BCUT2D eigenvalue weighted by atomic mass is 9.85. The predicted molar refractivity (Wildman–Crippen MR) is 82.2 cm³/mol. The zero-order valence-corrected chi connectivity index (χ0v) is 13.1. The second-order valence-corrected chi connectivity index (χ2v) is 6.34. The number of hydrogen-bond acceptors (Lipinski definition) is 3. The van der Waals surface area contributed by atoms with E-state index in [0.717, 1.165) is 24.8 Å². The maximum absolute atomic E-state index is 12.3. The fourth-order valence-electron chi connectivity index (χ4n) is 2.90. The summed E-state index contributed by atoms with van der Waals surface area (Å²) in [6.45, 7) is 5.87. The van der Waals surface area contributed by atoms with Gasteiger partial charge in [0.2, 0.25) is 0 Å². The molecule has 0 spiro atoms. The molecule has 0 radical (unpaired) electrons. The lowest BCUT2D eigenvalue weighted by Gasteiger charge is -2.31. The first-order valence-electron chi connectivity index (χ1n) is 7.59. The third-order valence-electron chi connectivity index (χ3n) is 4.43. The van der Waals surface area contributed by atoms with Crippen molar-refractivity contribution in [3.05, 3.63) is 29.8 Å². The van der Waals surface area contributed by atoms with Gasteiger partial charge < -0.3 is 15.2 Å². The van der Waals surface area contributed by atoms with Crippen LogP contribution in [0, 0.1) is 12.3 Å². The van der Waals surface area contributed by atoms with Crippen LogP contribution >= 0.6 is 0 Å². The van der Waals surface area contributed by atoms with Crippen LogP contribution in [0.3, 0.4) is 0 Å². The highest BCUT2D eigenvalue weighted by Crippen LogP contribution is 2.37. The molecule has 1 aromatic rings. The van der Waals surface area contributed by atoms with Gasteiger partial charge in [-0.05, 0) is 44.4 Å². The van der Waals surface area contributed by atoms with Crippen LogP contribution in [0.2, 0.25) is 0 Å². The van der Waals surface area contributed by atoms with Gasteiger partial charge in [0.1, 0.15) is 5.75 Å². The SMILES string of the molecule is Cc1cccc(OC(C)C(=O)NC2CCCC2(C)CO)c1. The van der Waals surface area contributed by atoms with E-state index in [1.807, 2.05) is 38.1 Å². The quantitative estimate of drug-likeness (QED) is 0.876. The molecule has 0 aromatic heterocycles. The summed E-state index contributed by atoms with van der Waals surface area (Å²) in [6, 6.07) is 7.69. The molecule has 1 fully saturated rings. The van der Waals surface area contributed by atoms with Gasteiger partial charge in [-0.25, -0.2) is 0 Å². The minimum atomic E-state index is -0.546. The Hall–Kier alpha value is -1.55. The number of benzene rings is 1. The third-order valence-corrected chi connectivity index (χ3v) is 4.43. The summed E-state index contributed by atoms with van der Waals surface area (Å²) in [6.07, 6.45) is 2.35. The van der Waals surface area contributed by atoms with Crippen LogP contribution in [0.1, 0.15) is 38.7 Å². The van der Waals surface area contributed by atoms with Crippen molar-refractivity contribution in [1.29, 1.82) is 0 Å². The van der Waals surface area contributed by atoms with E-state index in [1.54, 1.807) is 6.92 Å².